The van der Waals surface area contributed by atoms with Gasteiger partial charge in [-0.1, -0.05) is 61.0 Å². The first kappa shape index (κ1) is 32.9. The van der Waals surface area contributed by atoms with Crippen molar-refractivity contribution in [3.05, 3.63) is 89.4 Å². The number of nitrogens with one attached hydrogen (secondary N) is 1. The summed E-state index contributed by atoms with van der Waals surface area (Å²) in [6.45, 7) is 9.24. The molecule has 0 saturated heterocycles. The van der Waals surface area contributed by atoms with Gasteiger partial charge in [-0.2, -0.15) is 0 Å². The number of para-hydroxylation sites is 2. The minimum absolute atomic E-state index is 0.0284. The molecule has 0 aromatic heterocycles. The summed E-state index contributed by atoms with van der Waals surface area (Å²) in [7, 11) is -4.24. The third kappa shape index (κ3) is 8.72. The van der Waals surface area contributed by atoms with Crippen molar-refractivity contribution in [2.75, 3.05) is 24.0 Å². The Kier molecular flexibility index (Phi) is 11.4. The number of hydrogen-bond acceptors (Lipinski definition) is 5. The minimum atomic E-state index is -4.24. The highest BCUT2D eigenvalue weighted by atomic mass is 35.5. The highest BCUT2D eigenvalue weighted by molar-refractivity contribution is 7.92. The van der Waals surface area contributed by atoms with Crippen molar-refractivity contribution in [3.63, 3.8) is 0 Å². The van der Waals surface area contributed by atoms with Crippen molar-refractivity contribution < 1.29 is 22.7 Å². The lowest BCUT2D eigenvalue weighted by Gasteiger charge is -2.35. The first-order valence-corrected chi connectivity index (χ1v) is 15.8. The number of halogens is 1. The van der Waals surface area contributed by atoms with E-state index in [0.29, 0.717) is 30.2 Å². The summed E-state index contributed by atoms with van der Waals surface area (Å²) in [5, 5.41) is 3.36. The fourth-order valence-corrected chi connectivity index (χ4v) is 6.09. The molecule has 1 atom stereocenters. The summed E-state index contributed by atoms with van der Waals surface area (Å²) in [6.07, 6.45) is 0.841. The van der Waals surface area contributed by atoms with Gasteiger partial charge in [0.25, 0.3) is 10.0 Å². The molecule has 0 spiro atoms. The number of hydrogen-bond donors (Lipinski definition) is 1. The Morgan fingerprint density at radius 1 is 0.929 bits per heavy atom. The average Bonchev–Trinajstić information content (AvgIpc) is 2.94. The lowest BCUT2D eigenvalue weighted by molar-refractivity contribution is -0.140. The van der Waals surface area contributed by atoms with E-state index in [1.165, 1.54) is 29.2 Å². The molecule has 1 unspecified atom stereocenters. The molecule has 0 fully saturated rings. The van der Waals surface area contributed by atoms with Gasteiger partial charge in [-0.05, 0) is 82.5 Å². The van der Waals surface area contributed by atoms with Crippen molar-refractivity contribution in [1.29, 1.82) is 0 Å². The van der Waals surface area contributed by atoms with Gasteiger partial charge in [0.1, 0.15) is 18.3 Å². The predicted molar refractivity (Wildman–Crippen MR) is 167 cm³/mol. The van der Waals surface area contributed by atoms with Gasteiger partial charge >= 0.3 is 0 Å². The molecule has 3 rings (SSSR count). The molecular weight excluding hydrogens is 574 g/mol. The second-order valence-corrected chi connectivity index (χ2v) is 13.2. The number of carbonyl (C=O) groups excluding carboxylic acids is 2. The lowest BCUT2D eigenvalue weighted by atomic mass is 10.1. The van der Waals surface area contributed by atoms with E-state index in [9.17, 15) is 18.0 Å². The van der Waals surface area contributed by atoms with Gasteiger partial charge in [0, 0.05) is 17.1 Å². The van der Waals surface area contributed by atoms with Crippen molar-refractivity contribution in [2.24, 2.45) is 0 Å². The molecule has 42 heavy (non-hydrogen) atoms. The van der Waals surface area contributed by atoms with Crippen LogP contribution in [0.1, 0.15) is 46.6 Å². The maximum atomic E-state index is 14.2. The zero-order valence-corrected chi connectivity index (χ0v) is 26.4. The molecule has 0 aliphatic heterocycles. The van der Waals surface area contributed by atoms with Gasteiger partial charge < -0.3 is 15.0 Å². The number of anilines is 1. The third-order valence-electron chi connectivity index (χ3n) is 6.48. The Morgan fingerprint density at radius 3 is 2.14 bits per heavy atom. The maximum Gasteiger partial charge on any atom is 0.264 e. The smallest absolute Gasteiger partial charge is 0.264 e. The van der Waals surface area contributed by atoms with E-state index in [1.54, 1.807) is 31.2 Å². The van der Waals surface area contributed by atoms with Crippen LogP contribution in [0.2, 0.25) is 5.02 Å². The van der Waals surface area contributed by atoms with Gasteiger partial charge in [0.05, 0.1) is 17.2 Å². The SMILES string of the molecule is CCOc1ccccc1N(CC(=O)N(CCc1ccccc1)C(CC)C(=O)NC(C)(C)C)S(=O)(=O)c1ccc(Cl)cc1. The van der Waals surface area contributed by atoms with E-state index in [-0.39, 0.29) is 23.0 Å². The topological polar surface area (TPSA) is 96.0 Å². The summed E-state index contributed by atoms with van der Waals surface area (Å²) in [6, 6.07) is 21.3. The number of sulfonamides is 1. The molecule has 0 aliphatic carbocycles. The van der Waals surface area contributed by atoms with Gasteiger partial charge in [0.2, 0.25) is 11.8 Å². The fraction of sp³-hybridized carbons (Fsp3) is 0.375. The van der Waals surface area contributed by atoms with Crippen molar-refractivity contribution in [2.45, 2.75) is 63.9 Å². The molecule has 0 saturated carbocycles. The summed E-state index contributed by atoms with van der Waals surface area (Å²) in [5.41, 5.74) is 0.700. The van der Waals surface area contributed by atoms with E-state index in [2.05, 4.69) is 5.32 Å². The number of nitrogens with zero attached hydrogens (tertiary/aromatic N) is 2. The second kappa shape index (κ2) is 14.6. The van der Waals surface area contributed by atoms with E-state index < -0.39 is 34.1 Å². The van der Waals surface area contributed by atoms with Gasteiger partial charge in [-0.15, -0.1) is 0 Å². The van der Waals surface area contributed by atoms with Crippen LogP contribution in [-0.4, -0.2) is 56.4 Å². The van der Waals surface area contributed by atoms with E-state index in [0.717, 1.165) is 9.87 Å². The van der Waals surface area contributed by atoms with E-state index in [4.69, 9.17) is 16.3 Å². The molecule has 0 radical (unpaired) electrons. The van der Waals surface area contributed by atoms with Crippen LogP contribution in [0.4, 0.5) is 5.69 Å². The molecule has 10 heteroatoms. The van der Waals surface area contributed by atoms with Crippen molar-refractivity contribution in [1.82, 2.24) is 10.2 Å². The normalized spacial score (nSPS) is 12.3. The number of ether oxygens (including phenoxy) is 1. The molecule has 3 aromatic rings. The van der Waals surface area contributed by atoms with Gasteiger partial charge in [0.15, 0.2) is 0 Å². The monoisotopic (exact) mass is 613 g/mol. The average molecular weight is 614 g/mol. The summed E-state index contributed by atoms with van der Waals surface area (Å²) < 4.78 is 35.0. The molecule has 2 amide bonds. The zero-order chi connectivity index (χ0) is 30.9. The highest BCUT2D eigenvalue weighted by Gasteiger charge is 2.35. The van der Waals surface area contributed by atoms with Crippen LogP contribution >= 0.6 is 11.6 Å². The molecule has 1 N–H and O–H groups in total. The molecule has 0 aliphatic rings. The van der Waals surface area contributed by atoms with Crippen LogP contribution < -0.4 is 14.4 Å². The Hall–Kier alpha value is -3.56. The summed E-state index contributed by atoms with van der Waals surface area (Å²) in [4.78, 5) is 29.1. The van der Waals surface area contributed by atoms with Gasteiger partial charge in [-0.3, -0.25) is 13.9 Å². The first-order valence-electron chi connectivity index (χ1n) is 14.0. The van der Waals surface area contributed by atoms with Crippen LogP contribution in [-0.2, 0) is 26.0 Å². The minimum Gasteiger partial charge on any atom is -0.492 e. The van der Waals surface area contributed by atoms with Crippen molar-refractivity contribution >= 4 is 39.1 Å². The predicted octanol–water partition coefficient (Wildman–Crippen LogP) is 5.70. The summed E-state index contributed by atoms with van der Waals surface area (Å²) >= 11 is 6.04. The number of carbonyl (C=O) groups is 2. The molecule has 8 nitrogen and oxygen atoms in total. The molecular formula is C32H40ClN3O5S. The zero-order valence-electron chi connectivity index (χ0n) is 24.8. The molecule has 0 heterocycles. The highest BCUT2D eigenvalue weighted by Crippen LogP contribution is 2.33. The van der Waals surface area contributed by atoms with E-state index >= 15 is 0 Å². The van der Waals surface area contributed by atoms with E-state index in [1.807, 2.05) is 58.0 Å². The molecule has 3 aromatic carbocycles. The van der Waals surface area contributed by atoms with Crippen LogP contribution in [0.5, 0.6) is 5.75 Å². The maximum absolute atomic E-state index is 14.2. The molecule has 226 valence electrons. The van der Waals surface area contributed by atoms with Crippen LogP contribution in [0.3, 0.4) is 0 Å². The molecule has 0 bridgehead atoms. The largest absolute Gasteiger partial charge is 0.492 e. The number of amides is 2. The Morgan fingerprint density at radius 2 is 1.55 bits per heavy atom. The van der Waals surface area contributed by atoms with Crippen LogP contribution in [0.25, 0.3) is 0 Å². The van der Waals surface area contributed by atoms with Gasteiger partial charge in [-0.25, -0.2) is 8.42 Å². The Bertz CT molecular complexity index is 1440. The van der Waals surface area contributed by atoms with Crippen LogP contribution in [0.15, 0.2) is 83.8 Å². The quantitative estimate of drug-likeness (QED) is 0.267. The first-order chi connectivity index (χ1) is 19.9. The second-order valence-electron chi connectivity index (χ2n) is 10.9. The van der Waals surface area contributed by atoms with Crippen LogP contribution in [0, 0.1) is 0 Å². The Labute approximate surface area is 254 Å². The summed E-state index contributed by atoms with van der Waals surface area (Å²) in [5.74, 6) is -0.488. The lowest BCUT2D eigenvalue weighted by Crippen LogP contribution is -2.56. The number of benzene rings is 3. The fourth-order valence-electron chi connectivity index (χ4n) is 4.54. The third-order valence-corrected chi connectivity index (χ3v) is 8.51. The standard InChI is InChI=1S/C32H40ClN3O5S/c1-6-27(31(38)34-32(3,4)5)35(22-21-24-13-9-8-10-14-24)30(37)23-36(28-15-11-12-16-29(28)41-7-2)42(39,40)26-19-17-25(33)18-20-26/h8-20,27H,6-7,21-23H2,1-5H3,(H,34,38). The number of rotatable bonds is 13. The Balaban J connectivity index is 2.07. The van der Waals surface area contributed by atoms with Crippen molar-refractivity contribution in [3.8, 4) is 5.75 Å².